The van der Waals surface area contributed by atoms with Gasteiger partial charge >= 0.3 is 6.18 Å². The summed E-state index contributed by atoms with van der Waals surface area (Å²) in [5.41, 5.74) is 7.06. The minimum absolute atomic E-state index is 0.142. The first-order valence-corrected chi connectivity index (χ1v) is 8.82. The monoisotopic (exact) mass is 418 g/mol. The van der Waals surface area contributed by atoms with Gasteiger partial charge in [0.05, 0.1) is 16.6 Å². The fourth-order valence-electron chi connectivity index (χ4n) is 2.95. The van der Waals surface area contributed by atoms with Crippen LogP contribution in [0.15, 0.2) is 48.5 Å². The van der Waals surface area contributed by atoms with E-state index in [1.54, 1.807) is 28.8 Å². The average Bonchev–Trinajstić information content (AvgIpc) is 2.96. The number of aromatic nitrogens is 4. The molecule has 0 radical (unpaired) electrons. The summed E-state index contributed by atoms with van der Waals surface area (Å²) in [6.07, 6.45) is -4.40. The van der Waals surface area contributed by atoms with Gasteiger partial charge in [-0.3, -0.25) is 4.57 Å². The van der Waals surface area contributed by atoms with Crippen molar-refractivity contribution in [3.05, 3.63) is 64.9 Å². The molecule has 0 aliphatic rings. The Labute approximate surface area is 168 Å². The lowest BCUT2D eigenvalue weighted by molar-refractivity contribution is -0.137. The molecule has 10 heteroatoms. The first kappa shape index (κ1) is 19.0. The summed E-state index contributed by atoms with van der Waals surface area (Å²) < 4.78 is 39.9. The van der Waals surface area contributed by atoms with Crippen LogP contribution >= 0.6 is 11.6 Å². The third-order valence-corrected chi connectivity index (χ3v) is 4.45. The highest BCUT2D eigenvalue weighted by Gasteiger charge is 2.30. The van der Waals surface area contributed by atoms with Gasteiger partial charge in [0.15, 0.2) is 0 Å². The molecule has 0 atom stereocenters. The van der Waals surface area contributed by atoms with Crippen LogP contribution in [0.3, 0.4) is 0 Å². The summed E-state index contributed by atoms with van der Waals surface area (Å²) >= 11 is 6.11. The number of aryl methyl sites for hydroxylation is 1. The Kier molecular flexibility index (Phi) is 4.54. The zero-order valence-corrected chi connectivity index (χ0v) is 15.8. The van der Waals surface area contributed by atoms with Crippen molar-refractivity contribution in [1.29, 1.82) is 0 Å². The number of hydrogen-bond acceptors (Lipinski definition) is 5. The summed E-state index contributed by atoms with van der Waals surface area (Å²) in [7, 11) is 0. The largest absolute Gasteiger partial charge is 0.416 e. The van der Waals surface area contributed by atoms with Crippen molar-refractivity contribution in [2.75, 3.05) is 11.1 Å². The lowest BCUT2D eigenvalue weighted by Gasteiger charge is -2.11. The molecule has 3 N–H and O–H groups in total. The summed E-state index contributed by atoms with van der Waals surface area (Å²) in [4.78, 5) is 13.0. The lowest BCUT2D eigenvalue weighted by atomic mass is 10.2. The van der Waals surface area contributed by atoms with Crippen LogP contribution < -0.4 is 11.1 Å². The maximum absolute atomic E-state index is 12.7. The van der Waals surface area contributed by atoms with E-state index in [1.165, 1.54) is 12.1 Å². The van der Waals surface area contributed by atoms with Gasteiger partial charge < -0.3 is 11.1 Å². The second-order valence-electron chi connectivity index (χ2n) is 6.30. The number of nitrogens with one attached hydrogen (secondary N) is 1. The molecule has 0 bridgehead atoms. The number of imidazole rings is 1. The maximum atomic E-state index is 12.7. The number of benzene rings is 2. The minimum atomic E-state index is -4.40. The van der Waals surface area contributed by atoms with Crippen molar-refractivity contribution in [2.24, 2.45) is 0 Å². The molecule has 0 fully saturated rings. The van der Waals surface area contributed by atoms with Gasteiger partial charge in [0, 0.05) is 16.8 Å². The van der Waals surface area contributed by atoms with Crippen LogP contribution in [0.2, 0.25) is 5.02 Å². The van der Waals surface area contributed by atoms with Crippen LogP contribution in [0.25, 0.3) is 16.9 Å². The molecule has 4 rings (SSSR count). The molecule has 6 nitrogen and oxygen atoms in total. The van der Waals surface area contributed by atoms with E-state index in [-0.39, 0.29) is 11.8 Å². The first-order chi connectivity index (χ1) is 13.7. The highest BCUT2D eigenvalue weighted by atomic mass is 35.5. The van der Waals surface area contributed by atoms with Gasteiger partial charge in [-0.15, -0.1) is 0 Å². The second-order valence-corrected chi connectivity index (χ2v) is 6.74. The van der Waals surface area contributed by atoms with Gasteiger partial charge in [0.2, 0.25) is 5.95 Å². The third kappa shape index (κ3) is 3.81. The molecule has 0 saturated heterocycles. The van der Waals surface area contributed by atoms with Crippen molar-refractivity contribution in [3.8, 4) is 5.82 Å². The number of nitrogens with zero attached hydrogens (tertiary/aromatic N) is 4. The normalized spacial score (nSPS) is 11.8. The topological polar surface area (TPSA) is 81.7 Å². The van der Waals surface area contributed by atoms with Gasteiger partial charge in [0.1, 0.15) is 17.5 Å². The highest BCUT2D eigenvalue weighted by molar-refractivity contribution is 6.31. The van der Waals surface area contributed by atoms with Gasteiger partial charge in [-0.1, -0.05) is 11.6 Å². The van der Waals surface area contributed by atoms with E-state index in [0.717, 1.165) is 23.2 Å². The van der Waals surface area contributed by atoms with E-state index in [1.807, 2.05) is 6.92 Å². The van der Waals surface area contributed by atoms with Crippen LogP contribution in [-0.4, -0.2) is 19.5 Å². The third-order valence-electron chi connectivity index (χ3n) is 4.21. The number of fused-ring (bicyclic) bond motifs is 1. The Hall–Kier alpha value is -3.33. The standard InChI is InChI=1S/C19H14ClF3N6/c1-10-25-14-7-4-12(20)8-15(14)29(10)17-9-16(24)27-18(28-17)26-13-5-2-11(3-6-13)19(21,22)23/h2-9H,1H3,(H3,24,26,27,28). The number of alkyl halides is 3. The molecule has 2 heterocycles. The first-order valence-electron chi connectivity index (χ1n) is 8.44. The molecular weight excluding hydrogens is 405 g/mol. The number of hydrogen-bond donors (Lipinski definition) is 2. The minimum Gasteiger partial charge on any atom is -0.383 e. The Bertz CT molecular complexity index is 1200. The summed E-state index contributed by atoms with van der Waals surface area (Å²) in [5, 5.41) is 3.42. The van der Waals surface area contributed by atoms with Crippen LogP contribution in [0.1, 0.15) is 11.4 Å². The Morgan fingerprint density at radius 2 is 1.72 bits per heavy atom. The van der Waals surface area contributed by atoms with Gasteiger partial charge in [-0.05, 0) is 49.4 Å². The molecule has 0 amide bonds. The SMILES string of the molecule is Cc1nc2ccc(Cl)cc2n1-c1cc(N)nc(Nc2ccc(C(F)(F)F)cc2)n1. The summed E-state index contributed by atoms with van der Waals surface area (Å²) in [5.74, 6) is 1.45. The van der Waals surface area contributed by atoms with Crippen molar-refractivity contribution in [3.63, 3.8) is 0 Å². The van der Waals surface area contributed by atoms with E-state index >= 15 is 0 Å². The molecule has 0 saturated carbocycles. The quantitative estimate of drug-likeness (QED) is 0.482. The number of halogens is 4. The van der Waals surface area contributed by atoms with Crippen molar-refractivity contribution >= 4 is 40.1 Å². The molecular formula is C19H14ClF3N6. The average molecular weight is 419 g/mol. The zero-order valence-electron chi connectivity index (χ0n) is 15.0. The fourth-order valence-corrected chi connectivity index (χ4v) is 3.12. The highest BCUT2D eigenvalue weighted by Crippen LogP contribution is 2.30. The maximum Gasteiger partial charge on any atom is 0.416 e. The molecule has 0 aliphatic heterocycles. The number of nitrogen functional groups attached to an aromatic ring is 1. The van der Waals surface area contributed by atoms with Crippen LogP contribution in [0.5, 0.6) is 0 Å². The molecule has 0 unspecified atom stereocenters. The number of rotatable bonds is 3. The number of nitrogens with two attached hydrogens (primary N) is 1. The van der Waals surface area contributed by atoms with E-state index in [2.05, 4.69) is 20.3 Å². The molecule has 2 aromatic heterocycles. The van der Waals surface area contributed by atoms with E-state index in [0.29, 0.717) is 22.4 Å². The molecule has 29 heavy (non-hydrogen) atoms. The van der Waals surface area contributed by atoms with Crippen LogP contribution in [0.4, 0.5) is 30.6 Å². The van der Waals surface area contributed by atoms with Crippen molar-refractivity contribution < 1.29 is 13.2 Å². The van der Waals surface area contributed by atoms with E-state index in [9.17, 15) is 13.2 Å². The van der Waals surface area contributed by atoms with Crippen LogP contribution in [-0.2, 0) is 6.18 Å². The second kappa shape index (κ2) is 6.93. The van der Waals surface area contributed by atoms with Gasteiger partial charge in [-0.2, -0.15) is 23.1 Å². The smallest absolute Gasteiger partial charge is 0.383 e. The molecule has 0 aliphatic carbocycles. The summed E-state index contributed by atoms with van der Waals surface area (Å²) in [6, 6.07) is 11.4. The number of anilines is 3. The van der Waals surface area contributed by atoms with Crippen molar-refractivity contribution in [2.45, 2.75) is 13.1 Å². The molecule has 0 spiro atoms. The Morgan fingerprint density at radius 1 is 1.00 bits per heavy atom. The van der Waals surface area contributed by atoms with Gasteiger partial charge in [-0.25, -0.2) is 4.98 Å². The predicted molar refractivity (Wildman–Crippen MR) is 106 cm³/mol. The predicted octanol–water partition coefficient (Wildman–Crippen LogP) is 5.12. The van der Waals surface area contributed by atoms with E-state index < -0.39 is 11.7 Å². The van der Waals surface area contributed by atoms with Gasteiger partial charge in [0.25, 0.3) is 0 Å². The Balaban J connectivity index is 1.72. The zero-order chi connectivity index (χ0) is 20.8. The lowest BCUT2D eigenvalue weighted by Crippen LogP contribution is -2.07. The Morgan fingerprint density at radius 3 is 2.41 bits per heavy atom. The fraction of sp³-hybridized carbons (Fsp3) is 0.105. The molecule has 2 aromatic carbocycles. The van der Waals surface area contributed by atoms with Crippen LogP contribution in [0, 0.1) is 6.92 Å². The van der Waals surface area contributed by atoms with Crippen molar-refractivity contribution in [1.82, 2.24) is 19.5 Å². The summed E-state index contributed by atoms with van der Waals surface area (Å²) in [6.45, 7) is 1.81. The van der Waals surface area contributed by atoms with E-state index in [4.69, 9.17) is 17.3 Å². The molecule has 148 valence electrons. The molecule has 4 aromatic rings.